The molecule has 6 nitrogen and oxygen atoms in total. The molecule has 1 aromatic carbocycles. The standard InChI is InChI=1S/C19H18N4O2/c1-18(2)7-13-15(14(24)8-18)19(11(9-20)16(21)22-13)10-5-3-4-6-12(10)23-17(19)25/h3-6,11H,7-8H2,1-2H3,(H2,21,22)(H,23,25)/t11?,19-/m1/s1. The molecule has 126 valence electrons. The normalized spacial score (nSPS) is 29.6. The monoisotopic (exact) mass is 334 g/mol. The van der Waals surface area contributed by atoms with Crippen LogP contribution in [-0.4, -0.2) is 17.5 Å². The van der Waals surface area contributed by atoms with Crippen LogP contribution >= 0.6 is 0 Å². The molecule has 1 amide bonds. The van der Waals surface area contributed by atoms with Crippen molar-refractivity contribution in [2.24, 2.45) is 22.1 Å². The predicted octanol–water partition coefficient (Wildman–Crippen LogP) is 2.03. The van der Waals surface area contributed by atoms with E-state index in [2.05, 4.69) is 16.4 Å². The van der Waals surface area contributed by atoms with Crippen LogP contribution in [0.4, 0.5) is 5.69 Å². The molecule has 0 saturated heterocycles. The number of rotatable bonds is 0. The van der Waals surface area contributed by atoms with E-state index in [9.17, 15) is 14.9 Å². The molecule has 0 saturated carbocycles. The molecular weight excluding hydrogens is 316 g/mol. The van der Waals surface area contributed by atoms with Gasteiger partial charge in [-0.2, -0.15) is 5.26 Å². The van der Waals surface area contributed by atoms with Gasteiger partial charge in [0.05, 0.1) is 11.8 Å². The predicted molar refractivity (Wildman–Crippen MR) is 92.5 cm³/mol. The lowest BCUT2D eigenvalue weighted by molar-refractivity contribution is -0.125. The summed E-state index contributed by atoms with van der Waals surface area (Å²) in [7, 11) is 0. The molecule has 0 aromatic heterocycles. The molecule has 6 heteroatoms. The van der Waals surface area contributed by atoms with Crippen molar-refractivity contribution >= 4 is 23.2 Å². The highest BCUT2D eigenvalue weighted by atomic mass is 16.2. The van der Waals surface area contributed by atoms with Crippen LogP contribution in [-0.2, 0) is 15.0 Å². The number of para-hydroxylation sites is 1. The number of aliphatic imine (C=N–C) groups is 1. The minimum absolute atomic E-state index is 0.0959. The van der Waals surface area contributed by atoms with Crippen molar-refractivity contribution in [3.05, 3.63) is 41.1 Å². The van der Waals surface area contributed by atoms with E-state index in [1.165, 1.54) is 0 Å². The highest BCUT2D eigenvalue weighted by molar-refractivity contribution is 6.20. The lowest BCUT2D eigenvalue weighted by Crippen LogP contribution is -2.54. The molecule has 3 aliphatic rings. The van der Waals surface area contributed by atoms with Crippen LogP contribution in [0.25, 0.3) is 0 Å². The summed E-state index contributed by atoms with van der Waals surface area (Å²) in [4.78, 5) is 30.6. The maximum Gasteiger partial charge on any atom is 0.241 e. The van der Waals surface area contributed by atoms with Crippen molar-refractivity contribution in [2.45, 2.75) is 32.1 Å². The maximum absolute atomic E-state index is 13.1. The number of carbonyl (C=O) groups is 2. The van der Waals surface area contributed by atoms with Crippen molar-refractivity contribution in [1.29, 1.82) is 5.26 Å². The first kappa shape index (κ1) is 15.6. The molecule has 2 aliphatic heterocycles. The number of nitrogens with zero attached hydrogens (tertiary/aromatic N) is 2. The van der Waals surface area contributed by atoms with E-state index >= 15 is 0 Å². The van der Waals surface area contributed by atoms with Crippen LogP contribution in [0.2, 0.25) is 0 Å². The first-order valence-electron chi connectivity index (χ1n) is 8.23. The fourth-order valence-corrected chi connectivity index (χ4v) is 4.39. The minimum Gasteiger partial charge on any atom is -0.386 e. The molecule has 25 heavy (non-hydrogen) atoms. The van der Waals surface area contributed by atoms with Gasteiger partial charge in [0.2, 0.25) is 5.91 Å². The van der Waals surface area contributed by atoms with E-state index in [-0.39, 0.29) is 22.9 Å². The highest BCUT2D eigenvalue weighted by Gasteiger charge is 2.62. The first-order chi connectivity index (χ1) is 11.8. The number of allylic oxidation sites excluding steroid dienone is 1. The number of anilines is 1. The van der Waals surface area contributed by atoms with Crippen molar-refractivity contribution in [3.63, 3.8) is 0 Å². The Morgan fingerprint density at radius 3 is 2.72 bits per heavy atom. The quantitative estimate of drug-likeness (QED) is 0.756. The van der Waals surface area contributed by atoms with E-state index in [0.717, 1.165) is 0 Å². The van der Waals surface area contributed by atoms with Crippen LogP contribution in [0.15, 0.2) is 40.5 Å². The van der Waals surface area contributed by atoms with Crippen LogP contribution in [0.5, 0.6) is 0 Å². The molecule has 1 spiro atoms. The van der Waals surface area contributed by atoms with Gasteiger partial charge in [0.1, 0.15) is 17.2 Å². The number of amides is 1. The van der Waals surface area contributed by atoms with E-state index in [1.54, 1.807) is 24.3 Å². The summed E-state index contributed by atoms with van der Waals surface area (Å²) in [6, 6.07) is 9.29. The Morgan fingerprint density at radius 2 is 2.00 bits per heavy atom. The van der Waals surface area contributed by atoms with Crippen molar-refractivity contribution in [1.82, 2.24) is 0 Å². The summed E-state index contributed by atoms with van der Waals surface area (Å²) in [6.45, 7) is 3.98. The van der Waals surface area contributed by atoms with Gasteiger partial charge >= 0.3 is 0 Å². The largest absolute Gasteiger partial charge is 0.386 e. The summed E-state index contributed by atoms with van der Waals surface area (Å²) < 4.78 is 0. The van der Waals surface area contributed by atoms with Gasteiger partial charge in [-0.3, -0.25) is 9.59 Å². The average molecular weight is 334 g/mol. The first-order valence-corrected chi connectivity index (χ1v) is 8.23. The number of ketones is 1. The fraction of sp³-hybridized carbons (Fsp3) is 0.368. The summed E-state index contributed by atoms with van der Waals surface area (Å²) >= 11 is 0. The third kappa shape index (κ3) is 1.86. The van der Waals surface area contributed by atoms with Crippen LogP contribution in [0.3, 0.4) is 0 Å². The lowest BCUT2D eigenvalue weighted by atomic mass is 9.59. The number of nitrogens with one attached hydrogen (secondary N) is 1. The zero-order chi connectivity index (χ0) is 18.0. The number of benzene rings is 1. The van der Waals surface area contributed by atoms with Gasteiger partial charge in [0, 0.05) is 17.7 Å². The number of fused-ring (bicyclic) bond motifs is 3. The molecule has 2 heterocycles. The number of Topliss-reactive ketones (excluding diaryl/α,β-unsaturated/α-hetero) is 1. The molecule has 1 aliphatic carbocycles. The van der Waals surface area contributed by atoms with Gasteiger partial charge in [-0.25, -0.2) is 4.99 Å². The smallest absolute Gasteiger partial charge is 0.241 e. The Kier molecular flexibility index (Phi) is 2.99. The number of hydrogen-bond donors (Lipinski definition) is 2. The molecule has 3 N–H and O–H groups in total. The van der Waals surface area contributed by atoms with Crippen LogP contribution < -0.4 is 11.1 Å². The van der Waals surface area contributed by atoms with Gasteiger partial charge in [-0.15, -0.1) is 0 Å². The van der Waals surface area contributed by atoms with Gasteiger partial charge < -0.3 is 11.1 Å². The average Bonchev–Trinajstić information content (AvgIpc) is 2.79. The Bertz CT molecular complexity index is 935. The van der Waals surface area contributed by atoms with E-state index in [1.807, 2.05) is 13.8 Å². The zero-order valence-electron chi connectivity index (χ0n) is 14.1. The number of nitrogens with two attached hydrogens (primary N) is 1. The van der Waals surface area contributed by atoms with Gasteiger partial charge in [0.15, 0.2) is 5.78 Å². The van der Waals surface area contributed by atoms with E-state index in [4.69, 9.17) is 5.73 Å². The maximum atomic E-state index is 13.1. The topological polar surface area (TPSA) is 108 Å². The molecule has 1 unspecified atom stereocenters. The number of nitriles is 1. The third-order valence-electron chi connectivity index (χ3n) is 5.33. The van der Waals surface area contributed by atoms with E-state index in [0.29, 0.717) is 35.4 Å². The second kappa shape index (κ2) is 4.79. The number of amidine groups is 1. The second-order valence-corrected chi connectivity index (χ2v) is 7.67. The molecule has 4 rings (SSSR count). The summed E-state index contributed by atoms with van der Waals surface area (Å²) in [5.41, 5.74) is 6.58. The number of hydrogen-bond acceptors (Lipinski definition) is 5. The summed E-state index contributed by atoms with van der Waals surface area (Å²) in [5.74, 6) is -1.41. The van der Waals surface area contributed by atoms with E-state index < -0.39 is 11.3 Å². The SMILES string of the molecule is CC1(C)CC(=O)C2=C(C1)N=C(N)C(C#N)[C@@]21C(=O)Nc2ccccc21. The van der Waals surface area contributed by atoms with Gasteiger partial charge in [-0.05, 0) is 23.5 Å². The molecule has 0 radical (unpaired) electrons. The van der Waals surface area contributed by atoms with Crippen molar-refractivity contribution < 1.29 is 9.59 Å². The molecule has 0 fully saturated rings. The third-order valence-corrected chi connectivity index (χ3v) is 5.33. The van der Waals surface area contributed by atoms with Crippen molar-refractivity contribution in [3.8, 4) is 6.07 Å². The number of carbonyl (C=O) groups excluding carboxylic acids is 2. The highest BCUT2D eigenvalue weighted by Crippen LogP contribution is 2.54. The Labute approximate surface area is 145 Å². The molecular formula is C19H18N4O2. The summed E-state index contributed by atoms with van der Waals surface area (Å²) in [6.07, 6.45) is 0.862. The molecule has 1 aromatic rings. The molecule has 0 bridgehead atoms. The van der Waals surface area contributed by atoms with Crippen LogP contribution in [0.1, 0.15) is 32.3 Å². The van der Waals surface area contributed by atoms with Gasteiger partial charge in [0.25, 0.3) is 0 Å². The lowest BCUT2D eigenvalue weighted by Gasteiger charge is -2.42. The van der Waals surface area contributed by atoms with Gasteiger partial charge in [-0.1, -0.05) is 32.0 Å². The second-order valence-electron chi connectivity index (χ2n) is 7.67. The fourth-order valence-electron chi connectivity index (χ4n) is 4.39. The molecule has 2 atom stereocenters. The minimum atomic E-state index is -1.40. The Morgan fingerprint density at radius 1 is 1.28 bits per heavy atom. The summed E-state index contributed by atoms with van der Waals surface area (Å²) in [5, 5.41) is 12.6. The Hall–Kier alpha value is -2.94. The van der Waals surface area contributed by atoms with Crippen LogP contribution in [0, 0.1) is 22.7 Å². The zero-order valence-corrected chi connectivity index (χ0v) is 14.1. The Balaban J connectivity index is 2.08. The van der Waals surface area contributed by atoms with Crippen molar-refractivity contribution in [2.75, 3.05) is 5.32 Å².